The molecule has 2 atom stereocenters. The maximum absolute atomic E-state index is 12.2. The summed E-state index contributed by atoms with van der Waals surface area (Å²) in [7, 11) is 0. The first kappa shape index (κ1) is 14.3. The summed E-state index contributed by atoms with van der Waals surface area (Å²) in [5.41, 5.74) is 4.53. The molecule has 0 saturated carbocycles. The second kappa shape index (κ2) is 5.70. The largest absolute Gasteiger partial charge is 0.409 e. The Morgan fingerprint density at radius 2 is 2.39 bits per heavy atom. The van der Waals surface area contributed by atoms with Crippen molar-refractivity contribution in [2.24, 2.45) is 16.3 Å². The normalized spacial score (nSPS) is 24.0. The molecule has 7 nitrogen and oxygen atoms in total. The molecule has 5 N–H and O–H groups in total. The van der Waals surface area contributed by atoms with Crippen molar-refractivity contribution >= 4 is 17.6 Å². The molecule has 0 aromatic heterocycles. The van der Waals surface area contributed by atoms with Crippen LogP contribution in [0.2, 0.25) is 0 Å². The van der Waals surface area contributed by atoms with Crippen LogP contribution in [0, 0.1) is 5.41 Å². The zero-order valence-corrected chi connectivity index (χ0v) is 10.7. The summed E-state index contributed by atoms with van der Waals surface area (Å²) in [6, 6.07) is -0.104. The van der Waals surface area contributed by atoms with Gasteiger partial charge in [-0.3, -0.25) is 9.59 Å². The lowest BCUT2D eigenvalue weighted by molar-refractivity contribution is -0.129. The van der Waals surface area contributed by atoms with Gasteiger partial charge in [0, 0.05) is 19.0 Å². The molecule has 18 heavy (non-hydrogen) atoms. The number of hydrogen-bond acceptors (Lipinski definition) is 4. The number of hydrogen-bond donors (Lipinski definition) is 4. The molecule has 0 aromatic rings. The first-order valence-corrected chi connectivity index (χ1v) is 5.99. The molecule has 0 radical (unpaired) electrons. The highest BCUT2D eigenvalue weighted by Crippen LogP contribution is 2.22. The molecular formula is C11H20N4O3. The Morgan fingerprint density at radius 1 is 1.72 bits per heavy atom. The van der Waals surface area contributed by atoms with E-state index in [-0.39, 0.29) is 23.7 Å². The minimum absolute atomic E-state index is 0.00446. The van der Waals surface area contributed by atoms with Crippen LogP contribution in [-0.4, -0.2) is 35.4 Å². The molecule has 0 spiro atoms. The highest BCUT2D eigenvalue weighted by molar-refractivity contribution is 6.06. The Hall–Kier alpha value is -1.79. The third-order valence-electron chi connectivity index (χ3n) is 3.48. The fraction of sp³-hybridized carbons (Fsp3) is 0.727. The number of nitrogens with two attached hydrogens (primary N) is 1. The maximum atomic E-state index is 12.2. The third kappa shape index (κ3) is 2.91. The monoisotopic (exact) mass is 256 g/mol. The Kier molecular flexibility index (Phi) is 4.52. The van der Waals surface area contributed by atoms with E-state index in [9.17, 15) is 9.59 Å². The van der Waals surface area contributed by atoms with Crippen molar-refractivity contribution in [2.75, 3.05) is 6.54 Å². The van der Waals surface area contributed by atoms with Gasteiger partial charge in [0.1, 0.15) is 5.41 Å². The number of amidine groups is 1. The lowest BCUT2D eigenvalue weighted by atomic mass is 9.84. The molecular weight excluding hydrogens is 236 g/mol. The summed E-state index contributed by atoms with van der Waals surface area (Å²) in [6.07, 6.45) is 1.43. The number of carbonyl (C=O) groups excluding carboxylic acids is 2. The average molecular weight is 256 g/mol. The van der Waals surface area contributed by atoms with E-state index >= 15 is 0 Å². The maximum Gasteiger partial charge on any atom is 0.233 e. The molecule has 1 aliphatic heterocycles. The lowest BCUT2D eigenvalue weighted by Crippen LogP contribution is -2.54. The SMILES string of the molecule is CCC(C)(C(=O)NC1CCC(=O)NC1)C(N)=NO. The van der Waals surface area contributed by atoms with Crippen molar-refractivity contribution in [3.63, 3.8) is 0 Å². The molecule has 102 valence electrons. The predicted molar refractivity (Wildman–Crippen MR) is 66.0 cm³/mol. The van der Waals surface area contributed by atoms with Crippen LogP contribution in [-0.2, 0) is 9.59 Å². The summed E-state index contributed by atoms with van der Waals surface area (Å²) < 4.78 is 0. The van der Waals surface area contributed by atoms with E-state index in [1.807, 2.05) is 0 Å². The zero-order chi connectivity index (χ0) is 13.8. The van der Waals surface area contributed by atoms with Gasteiger partial charge in [-0.15, -0.1) is 0 Å². The fourth-order valence-electron chi connectivity index (χ4n) is 1.77. The number of nitrogens with zero attached hydrogens (tertiary/aromatic N) is 1. The van der Waals surface area contributed by atoms with Gasteiger partial charge in [0.25, 0.3) is 0 Å². The predicted octanol–water partition coefficient (Wildman–Crippen LogP) is -0.456. The van der Waals surface area contributed by atoms with Crippen molar-refractivity contribution in [3.8, 4) is 0 Å². The topological polar surface area (TPSA) is 117 Å². The van der Waals surface area contributed by atoms with Crippen LogP contribution in [0.4, 0.5) is 0 Å². The molecule has 1 rings (SSSR count). The van der Waals surface area contributed by atoms with E-state index in [0.717, 1.165) is 0 Å². The van der Waals surface area contributed by atoms with Crippen LogP contribution >= 0.6 is 0 Å². The summed E-state index contributed by atoms with van der Waals surface area (Å²) >= 11 is 0. The number of nitrogens with one attached hydrogen (secondary N) is 2. The molecule has 0 aliphatic carbocycles. The second-order valence-electron chi connectivity index (χ2n) is 4.68. The van der Waals surface area contributed by atoms with Gasteiger partial charge in [-0.2, -0.15) is 0 Å². The molecule has 0 aromatic carbocycles. The van der Waals surface area contributed by atoms with E-state index in [1.54, 1.807) is 13.8 Å². The van der Waals surface area contributed by atoms with Crippen molar-refractivity contribution in [2.45, 2.75) is 39.2 Å². The molecule has 2 amide bonds. The smallest absolute Gasteiger partial charge is 0.233 e. The number of carbonyl (C=O) groups is 2. The quantitative estimate of drug-likeness (QED) is 0.236. The van der Waals surface area contributed by atoms with Crippen LogP contribution in [0.3, 0.4) is 0 Å². The molecule has 7 heteroatoms. The number of amides is 2. The van der Waals surface area contributed by atoms with Gasteiger partial charge < -0.3 is 21.6 Å². The van der Waals surface area contributed by atoms with Crippen LogP contribution in [0.15, 0.2) is 5.16 Å². The van der Waals surface area contributed by atoms with E-state index in [0.29, 0.717) is 25.8 Å². The fourth-order valence-corrected chi connectivity index (χ4v) is 1.77. The third-order valence-corrected chi connectivity index (χ3v) is 3.48. The first-order chi connectivity index (χ1) is 8.43. The minimum Gasteiger partial charge on any atom is -0.409 e. The zero-order valence-electron chi connectivity index (χ0n) is 10.7. The molecule has 2 unspecified atom stereocenters. The molecule has 1 saturated heterocycles. The standard InChI is InChI=1S/C11H20N4O3/c1-3-11(2,9(12)15-18)10(17)14-7-4-5-8(16)13-6-7/h7,18H,3-6H2,1-2H3,(H2,12,15)(H,13,16)(H,14,17). The number of piperidine rings is 1. The van der Waals surface area contributed by atoms with E-state index in [1.165, 1.54) is 0 Å². The summed E-state index contributed by atoms with van der Waals surface area (Å²) in [4.78, 5) is 23.2. The molecule has 0 bridgehead atoms. The van der Waals surface area contributed by atoms with Crippen LogP contribution in [0.25, 0.3) is 0 Å². The number of rotatable bonds is 4. The Morgan fingerprint density at radius 3 is 2.83 bits per heavy atom. The van der Waals surface area contributed by atoms with Crippen molar-refractivity contribution in [1.82, 2.24) is 10.6 Å². The molecule has 1 heterocycles. The highest BCUT2D eigenvalue weighted by atomic mass is 16.4. The summed E-state index contributed by atoms with van der Waals surface area (Å²) in [5, 5.41) is 17.1. The van der Waals surface area contributed by atoms with E-state index < -0.39 is 5.41 Å². The average Bonchev–Trinajstić information content (AvgIpc) is 2.39. The minimum atomic E-state index is -1.03. The van der Waals surface area contributed by atoms with Crippen molar-refractivity contribution < 1.29 is 14.8 Å². The van der Waals surface area contributed by atoms with Gasteiger partial charge in [-0.25, -0.2) is 0 Å². The molecule has 1 aliphatic rings. The van der Waals surface area contributed by atoms with Gasteiger partial charge >= 0.3 is 0 Å². The van der Waals surface area contributed by atoms with Gasteiger partial charge in [-0.05, 0) is 19.8 Å². The van der Waals surface area contributed by atoms with Gasteiger partial charge in [0.15, 0.2) is 5.84 Å². The van der Waals surface area contributed by atoms with Crippen LogP contribution < -0.4 is 16.4 Å². The van der Waals surface area contributed by atoms with Gasteiger partial charge in [0.2, 0.25) is 11.8 Å². The summed E-state index contributed by atoms with van der Waals surface area (Å²) in [6.45, 7) is 3.83. The van der Waals surface area contributed by atoms with E-state index in [4.69, 9.17) is 10.9 Å². The first-order valence-electron chi connectivity index (χ1n) is 5.99. The van der Waals surface area contributed by atoms with Gasteiger partial charge in [0.05, 0.1) is 0 Å². The number of oxime groups is 1. The Bertz CT molecular complexity index is 359. The van der Waals surface area contributed by atoms with Crippen molar-refractivity contribution in [3.05, 3.63) is 0 Å². The van der Waals surface area contributed by atoms with E-state index in [2.05, 4.69) is 15.8 Å². The molecule has 1 fully saturated rings. The second-order valence-corrected chi connectivity index (χ2v) is 4.68. The van der Waals surface area contributed by atoms with Crippen molar-refractivity contribution in [1.29, 1.82) is 0 Å². The summed E-state index contributed by atoms with van der Waals surface area (Å²) in [5.74, 6) is -0.404. The highest BCUT2D eigenvalue weighted by Gasteiger charge is 2.37. The Balaban J connectivity index is 2.66. The van der Waals surface area contributed by atoms with Crippen LogP contribution in [0.5, 0.6) is 0 Å². The Labute approximate surface area is 106 Å². The van der Waals surface area contributed by atoms with Gasteiger partial charge in [-0.1, -0.05) is 12.1 Å². The lowest BCUT2D eigenvalue weighted by Gasteiger charge is -2.30. The van der Waals surface area contributed by atoms with Crippen LogP contribution in [0.1, 0.15) is 33.1 Å².